The molecule has 0 radical (unpaired) electrons. The third-order valence-corrected chi connectivity index (χ3v) is 7.69. The number of carbonyl (C=O) groups excluding carboxylic acids is 3. The number of halogens is 1. The third kappa shape index (κ3) is 6.53. The molecule has 3 amide bonds. The first-order chi connectivity index (χ1) is 18.4. The zero-order valence-corrected chi connectivity index (χ0v) is 21.2. The number of rotatable bonds is 7. The minimum atomic E-state index is -1.02. The molecule has 0 unspecified atom stereocenters. The van der Waals surface area contributed by atoms with Crippen molar-refractivity contribution in [3.63, 3.8) is 0 Å². The second kappa shape index (κ2) is 11.6. The molecule has 2 aliphatic carbocycles. The highest BCUT2D eigenvalue weighted by atomic mass is 19.1. The Labute approximate surface area is 222 Å². The molecule has 1 aromatic rings. The molecule has 38 heavy (non-hydrogen) atoms. The van der Waals surface area contributed by atoms with Crippen molar-refractivity contribution in [1.82, 2.24) is 20.9 Å². The van der Waals surface area contributed by atoms with Crippen molar-refractivity contribution < 1.29 is 23.9 Å². The van der Waals surface area contributed by atoms with E-state index in [1.54, 1.807) is 29.2 Å². The Bertz CT molecular complexity index is 1190. The van der Waals surface area contributed by atoms with Gasteiger partial charge in [0.15, 0.2) is 0 Å². The van der Waals surface area contributed by atoms with Gasteiger partial charge in [-0.25, -0.2) is 4.39 Å². The van der Waals surface area contributed by atoms with Crippen LogP contribution in [0.4, 0.5) is 4.39 Å². The summed E-state index contributed by atoms with van der Waals surface area (Å²) in [6.07, 6.45) is 2.35. The van der Waals surface area contributed by atoms with E-state index in [0.717, 1.165) is 24.8 Å². The van der Waals surface area contributed by atoms with Gasteiger partial charge in [-0.15, -0.1) is 0 Å². The number of likely N-dealkylation sites (tertiary alicyclic amines) is 1. The fourth-order valence-corrected chi connectivity index (χ4v) is 5.12. The maximum atomic E-state index is 13.5. The van der Waals surface area contributed by atoms with Gasteiger partial charge in [-0.2, -0.15) is 0 Å². The monoisotopic (exact) mass is 520 g/mol. The predicted molar refractivity (Wildman–Crippen MR) is 138 cm³/mol. The quantitative estimate of drug-likeness (QED) is 0.394. The zero-order chi connectivity index (χ0) is 26.6. The van der Waals surface area contributed by atoms with Gasteiger partial charge in [-0.3, -0.25) is 14.4 Å². The van der Waals surface area contributed by atoms with Gasteiger partial charge >= 0.3 is 0 Å². The lowest BCUT2D eigenvalue weighted by Gasteiger charge is -2.25. The summed E-state index contributed by atoms with van der Waals surface area (Å²) in [5, 5.41) is 17.8. The van der Waals surface area contributed by atoms with E-state index < -0.39 is 12.2 Å². The molecular formula is C29H33FN4O4. The van der Waals surface area contributed by atoms with Crippen LogP contribution < -0.4 is 16.0 Å². The van der Waals surface area contributed by atoms with Crippen LogP contribution in [0, 0.1) is 41.4 Å². The van der Waals surface area contributed by atoms with Crippen molar-refractivity contribution >= 4 is 17.7 Å². The molecular weight excluding hydrogens is 487 g/mol. The van der Waals surface area contributed by atoms with Gasteiger partial charge in [0.2, 0.25) is 11.8 Å². The number of nitrogens with one attached hydrogen (secondary N) is 3. The highest BCUT2D eigenvalue weighted by Crippen LogP contribution is 2.36. The van der Waals surface area contributed by atoms with Crippen LogP contribution in [0.15, 0.2) is 24.3 Å². The van der Waals surface area contributed by atoms with Crippen molar-refractivity contribution in [2.45, 2.75) is 56.4 Å². The van der Waals surface area contributed by atoms with Crippen LogP contribution in [0.25, 0.3) is 0 Å². The van der Waals surface area contributed by atoms with E-state index in [4.69, 9.17) is 5.11 Å². The number of benzene rings is 1. The first-order valence-corrected chi connectivity index (χ1v) is 13.4. The molecule has 2 saturated carbocycles. The summed E-state index contributed by atoms with van der Waals surface area (Å²) in [7, 11) is 0. The van der Waals surface area contributed by atoms with E-state index in [-0.39, 0.29) is 73.7 Å². The van der Waals surface area contributed by atoms with E-state index >= 15 is 0 Å². The van der Waals surface area contributed by atoms with Crippen molar-refractivity contribution in [3.8, 4) is 23.7 Å². The van der Waals surface area contributed by atoms with E-state index in [1.807, 2.05) is 0 Å². The Hall–Kier alpha value is -3.40. The lowest BCUT2D eigenvalue weighted by atomic mass is 10.1. The van der Waals surface area contributed by atoms with Crippen LogP contribution in [0.1, 0.15) is 48.0 Å². The molecule has 4 N–H and O–H groups in total. The van der Waals surface area contributed by atoms with Gasteiger partial charge in [0.1, 0.15) is 6.17 Å². The lowest BCUT2D eigenvalue weighted by molar-refractivity contribution is -0.133. The van der Waals surface area contributed by atoms with Crippen molar-refractivity contribution in [2.75, 3.05) is 26.2 Å². The van der Waals surface area contributed by atoms with Gasteiger partial charge in [0.25, 0.3) is 5.91 Å². The number of aliphatic hydroxyl groups is 1. The number of hydrogen-bond acceptors (Lipinski definition) is 5. The summed E-state index contributed by atoms with van der Waals surface area (Å²) in [6, 6.07) is 5.93. The van der Waals surface area contributed by atoms with Gasteiger partial charge in [0.05, 0.1) is 12.1 Å². The zero-order valence-electron chi connectivity index (χ0n) is 21.2. The summed E-state index contributed by atoms with van der Waals surface area (Å²) in [4.78, 5) is 40.0. The van der Waals surface area contributed by atoms with E-state index in [9.17, 15) is 18.8 Å². The Kier molecular flexibility index (Phi) is 7.97. The number of carbonyl (C=O) groups is 3. The fourth-order valence-electron chi connectivity index (χ4n) is 5.12. The minimum Gasteiger partial charge on any atom is -0.396 e. The molecule has 200 valence electrons. The third-order valence-electron chi connectivity index (χ3n) is 7.69. The van der Waals surface area contributed by atoms with Crippen LogP contribution in [-0.4, -0.2) is 78.3 Å². The Balaban J connectivity index is 1.13. The fraction of sp³-hybridized carbons (Fsp3) is 0.552. The van der Waals surface area contributed by atoms with Crippen molar-refractivity contribution in [2.24, 2.45) is 17.8 Å². The van der Waals surface area contributed by atoms with Crippen LogP contribution >= 0.6 is 0 Å². The molecule has 5 rings (SSSR count). The largest absolute Gasteiger partial charge is 0.396 e. The molecule has 0 spiro atoms. The van der Waals surface area contributed by atoms with Gasteiger partial charge in [-0.05, 0) is 67.7 Å². The Morgan fingerprint density at radius 3 is 2.55 bits per heavy atom. The molecule has 4 aliphatic rings. The molecule has 0 aromatic heterocycles. The van der Waals surface area contributed by atoms with Gasteiger partial charge in [0, 0.05) is 61.7 Å². The maximum Gasteiger partial charge on any atom is 0.251 e. The molecule has 1 aromatic carbocycles. The summed E-state index contributed by atoms with van der Waals surface area (Å²) in [5.41, 5.74) is 1.23. The molecule has 2 aliphatic heterocycles. The molecule has 4 fully saturated rings. The van der Waals surface area contributed by atoms with Crippen molar-refractivity contribution in [3.05, 3.63) is 35.4 Å². The summed E-state index contributed by atoms with van der Waals surface area (Å²) < 4.78 is 13.5. The SMILES string of the molecule is O=C(NC[C@H]1C[C@@H](NC(=O)[C@@H]2C[C@H](F)CN2)CN1C(=O)C1CC1)c1ccc(C#CC#C[C@@H]2C[C@H]2CO)cc1. The molecule has 6 atom stereocenters. The number of alkyl halides is 1. The predicted octanol–water partition coefficient (Wildman–Crippen LogP) is 0.595. The van der Waals surface area contributed by atoms with Crippen molar-refractivity contribution in [1.29, 1.82) is 0 Å². The normalized spacial score (nSPS) is 29.5. The minimum absolute atomic E-state index is 0.0326. The molecule has 0 bridgehead atoms. The smallest absolute Gasteiger partial charge is 0.251 e. The number of amides is 3. The molecule has 9 heteroatoms. The van der Waals surface area contributed by atoms with Crippen LogP contribution in [0.2, 0.25) is 0 Å². The maximum absolute atomic E-state index is 13.5. The average Bonchev–Trinajstić information content (AvgIpc) is 3.83. The van der Waals surface area contributed by atoms with E-state index in [0.29, 0.717) is 18.5 Å². The molecule has 2 saturated heterocycles. The molecule has 8 nitrogen and oxygen atoms in total. The highest BCUT2D eigenvalue weighted by Gasteiger charge is 2.42. The van der Waals surface area contributed by atoms with Gasteiger partial charge < -0.3 is 26.0 Å². The lowest BCUT2D eigenvalue weighted by Crippen LogP contribution is -2.46. The molecule has 2 heterocycles. The number of aliphatic hydroxyl groups excluding tert-OH is 1. The van der Waals surface area contributed by atoms with Crippen LogP contribution in [0.3, 0.4) is 0 Å². The van der Waals surface area contributed by atoms with Crippen LogP contribution in [0.5, 0.6) is 0 Å². The highest BCUT2D eigenvalue weighted by molar-refractivity contribution is 5.94. The number of nitrogens with zero attached hydrogens (tertiary/aromatic N) is 1. The Morgan fingerprint density at radius 2 is 1.89 bits per heavy atom. The average molecular weight is 521 g/mol. The second-order valence-corrected chi connectivity index (χ2v) is 10.7. The van der Waals surface area contributed by atoms with Gasteiger partial charge in [-0.1, -0.05) is 11.8 Å². The first kappa shape index (κ1) is 26.2. The second-order valence-electron chi connectivity index (χ2n) is 10.7. The van der Waals surface area contributed by atoms with E-state index in [2.05, 4.69) is 39.6 Å². The summed E-state index contributed by atoms with van der Waals surface area (Å²) >= 11 is 0. The standard InChI is InChI=1S/C29H33FN4O4/c30-23-12-26(31-14-23)28(37)33-24-13-25(34(16-24)29(38)20-9-10-20)15-32-27(36)19-7-5-18(6-8-19)3-1-2-4-21-11-22(21)17-35/h5-8,20-26,31,35H,9-17H2,(H,32,36)(H,33,37)/t21-,22+,23+,24-,25-,26+/m1/s1. The van der Waals surface area contributed by atoms with Crippen LogP contribution in [-0.2, 0) is 9.59 Å². The first-order valence-electron chi connectivity index (χ1n) is 13.4. The Morgan fingerprint density at radius 1 is 1.11 bits per heavy atom. The summed E-state index contributed by atoms with van der Waals surface area (Å²) in [6.45, 7) is 1.02. The topological polar surface area (TPSA) is 111 Å². The number of hydrogen-bond donors (Lipinski definition) is 4. The summed E-state index contributed by atoms with van der Waals surface area (Å²) in [5.74, 6) is 11.8. The van der Waals surface area contributed by atoms with E-state index in [1.165, 1.54) is 0 Å².